The summed E-state index contributed by atoms with van der Waals surface area (Å²) in [5, 5.41) is 0.802. The molecule has 0 spiro atoms. The van der Waals surface area contributed by atoms with Gasteiger partial charge in [-0.05, 0) is 36.4 Å². The average molecular weight is 171 g/mol. The molecule has 11 heavy (non-hydrogen) atoms. The standard InChI is InChI=1S/C8H11ClN2/c9-8-6-2-1-5(3-10)7(6)4-11-8/h4-5,11H,1-3,10H2. The fourth-order valence-corrected chi connectivity index (χ4v) is 2.04. The zero-order valence-electron chi connectivity index (χ0n) is 6.23. The maximum atomic E-state index is 5.91. The molecule has 0 aliphatic heterocycles. The molecule has 0 fully saturated rings. The highest BCUT2D eigenvalue weighted by Gasteiger charge is 2.24. The molecular weight excluding hydrogens is 160 g/mol. The molecule has 3 heteroatoms. The normalized spacial score (nSPS) is 22.2. The molecule has 0 saturated heterocycles. The van der Waals surface area contributed by atoms with Crippen LogP contribution in [-0.2, 0) is 6.42 Å². The summed E-state index contributed by atoms with van der Waals surface area (Å²) in [6.45, 7) is 0.737. The van der Waals surface area contributed by atoms with Gasteiger partial charge in [0.25, 0.3) is 0 Å². The number of fused-ring (bicyclic) bond motifs is 1. The second kappa shape index (κ2) is 2.54. The van der Waals surface area contributed by atoms with Crippen molar-refractivity contribution in [3.05, 3.63) is 22.5 Å². The van der Waals surface area contributed by atoms with Gasteiger partial charge in [0.1, 0.15) is 5.15 Å². The van der Waals surface area contributed by atoms with E-state index in [0.29, 0.717) is 5.92 Å². The van der Waals surface area contributed by atoms with Gasteiger partial charge in [-0.1, -0.05) is 11.6 Å². The van der Waals surface area contributed by atoms with E-state index in [1.807, 2.05) is 6.20 Å². The molecule has 1 aliphatic carbocycles. The van der Waals surface area contributed by atoms with Crippen LogP contribution in [0.5, 0.6) is 0 Å². The van der Waals surface area contributed by atoms with Gasteiger partial charge in [0, 0.05) is 6.20 Å². The van der Waals surface area contributed by atoms with Crippen molar-refractivity contribution in [2.45, 2.75) is 18.8 Å². The van der Waals surface area contributed by atoms with Crippen molar-refractivity contribution < 1.29 is 0 Å². The van der Waals surface area contributed by atoms with Crippen LogP contribution in [0.15, 0.2) is 6.20 Å². The minimum absolute atomic E-state index is 0.536. The van der Waals surface area contributed by atoms with Gasteiger partial charge in [0.15, 0.2) is 0 Å². The second-order valence-electron chi connectivity index (χ2n) is 3.01. The van der Waals surface area contributed by atoms with Crippen molar-refractivity contribution in [2.75, 3.05) is 6.54 Å². The van der Waals surface area contributed by atoms with Crippen LogP contribution in [-0.4, -0.2) is 11.5 Å². The fourth-order valence-electron chi connectivity index (χ4n) is 1.78. The third-order valence-corrected chi connectivity index (χ3v) is 2.77. The lowest BCUT2D eigenvalue weighted by atomic mass is 10.1. The number of nitrogens with one attached hydrogen (secondary N) is 1. The maximum absolute atomic E-state index is 5.91. The average Bonchev–Trinajstić information content (AvgIpc) is 2.53. The molecule has 1 unspecified atom stereocenters. The summed E-state index contributed by atoms with van der Waals surface area (Å²) in [6.07, 6.45) is 4.23. The van der Waals surface area contributed by atoms with Gasteiger partial charge in [-0.3, -0.25) is 0 Å². The number of aromatic nitrogens is 1. The molecule has 1 atom stereocenters. The first-order valence-corrected chi connectivity index (χ1v) is 4.26. The van der Waals surface area contributed by atoms with Crippen LogP contribution in [0.1, 0.15) is 23.5 Å². The molecule has 0 amide bonds. The van der Waals surface area contributed by atoms with Crippen LogP contribution in [0.25, 0.3) is 0 Å². The Labute approximate surface area is 70.7 Å². The summed E-state index contributed by atoms with van der Waals surface area (Å²) < 4.78 is 0. The quantitative estimate of drug-likeness (QED) is 0.662. The van der Waals surface area contributed by atoms with Gasteiger partial charge in [-0.15, -0.1) is 0 Å². The van der Waals surface area contributed by atoms with E-state index in [2.05, 4.69) is 4.98 Å². The highest BCUT2D eigenvalue weighted by atomic mass is 35.5. The minimum Gasteiger partial charge on any atom is -0.352 e. The maximum Gasteiger partial charge on any atom is 0.109 e. The van der Waals surface area contributed by atoms with Gasteiger partial charge < -0.3 is 10.7 Å². The summed E-state index contributed by atoms with van der Waals surface area (Å²) in [5.41, 5.74) is 8.21. The lowest BCUT2D eigenvalue weighted by Crippen LogP contribution is -2.08. The SMILES string of the molecule is NCC1CCc2c1c[nH]c2Cl. The van der Waals surface area contributed by atoms with Gasteiger partial charge in [-0.2, -0.15) is 0 Å². The number of H-pyrrole nitrogens is 1. The smallest absolute Gasteiger partial charge is 0.109 e. The van der Waals surface area contributed by atoms with Crippen LogP contribution in [0, 0.1) is 0 Å². The van der Waals surface area contributed by atoms with Crippen molar-refractivity contribution in [3.8, 4) is 0 Å². The van der Waals surface area contributed by atoms with Crippen LogP contribution in [0.2, 0.25) is 5.15 Å². The predicted molar refractivity (Wildman–Crippen MR) is 45.9 cm³/mol. The lowest BCUT2D eigenvalue weighted by molar-refractivity contribution is 0.685. The van der Waals surface area contributed by atoms with E-state index in [1.165, 1.54) is 11.1 Å². The van der Waals surface area contributed by atoms with Crippen LogP contribution < -0.4 is 5.73 Å². The highest BCUT2D eigenvalue weighted by Crippen LogP contribution is 2.35. The van der Waals surface area contributed by atoms with Gasteiger partial charge in [-0.25, -0.2) is 0 Å². The molecule has 0 saturated carbocycles. The summed E-state index contributed by atoms with van der Waals surface area (Å²) in [5.74, 6) is 0.536. The monoisotopic (exact) mass is 170 g/mol. The predicted octanol–water partition coefficient (Wildman–Crippen LogP) is 1.66. The zero-order chi connectivity index (χ0) is 7.84. The van der Waals surface area contributed by atoms with E-state index in [0.717, 1.165) is 24.5 Å². The van der Waals surface area contributed by atoms with Crippen molar-refractivity contribution in [2.24, 2.45) is 5.73 Å². The molecule has 0 aromatic carbocycles. The molecule has 2 rings (SSSR count). The van der Waals surface area contributed by atoms with E-state index >= 15 is 0 Å². The number of halogens is 1. The Morgan fingerprint density at radius 2 is 2.55 bits per heavy atom. The van der Waals surface area contributed by atoms with Crippen molar-refractivity contribution in [1.29, 1.82) is 0 Å². The Morgan fingerprint density at radius 1 is 1.73 bits per heavy atom. The first kappa shape index (κ1) is 7.19. The Kier molecular flexibility index (Phi) is 1.66. The van der Waals surface area contributed by atoms with E-state index < -0.39 is 0 Å². The number of aromatic amines is 1. The zero-order valence-corrected chi connectivity index (χ0v) is 6.99. The van der Waals surface area contributed by atoms with Crippen molar-refractivity contribution in [1.82, 2.24) is 4.98 Å². The van der Waals surface area contributed by atoms with Crippen LogP contribution in [0.3, 0.4) is 0 Å². The molecule has 2 nitrogen and oxygen atoms in total. The Bertz CT molecular complexity index is 267. The first-order valence-electron chi connectivity index (χ1n) is 3.88. The van der Waals surface area contributed by atoms with E-state index in [1.54, 1.807) is 0 Å². The Balaban J connectivity index is 2.40. The van der Waals surface area contributed by atoms with Gasteiger partial charge >= 0.3 is 0 Å². The molecule has 0 bridgehead atoms. The molecule has 1 aromatic heterocycles. The van der Waals surface area contributed by atoms with E-state index in [9.17, 15) is 0 Å². The number of rotatable bonds is 1. The Morgan fingerprint density at radius 3 is 3.27 bits per heavy atom. The summed E-state index contributed by atoms with van der Waals surface area (Å²) >= 11 is 5.91. The van der Waals surface area contributed by atoms with Crippen LogP contribution >= 0.6 is 11.6 Å². The number of hydrogen-bond acceptors (Lipinski definition) is 1. The molecular formula is C8H11ClN2. The third kappa shape index (κ3) is 0.976. The third-order valence-electron chi connectivity index (χ3n) is 2.43. The summed E-state index contributed by atoms with van der Waals surface area (Å²) in [7, 11) is 0. The van der Waals surface area contributed by atoms with Crippen LogP contribution in [0.4, 0.5) is 0 Å². The largest absolute Gasteiger partial charge is 0.352 e. The topological polar surface area (TPSA) is 41.8 Å². The molecule has 60 valence electrons. The van der Waals surface area contributed by atoms with E-state index in [4.69, 9.17) is 17.3 Å². The number of nitrogens with two attached hydrogens (primary N) is 1. The van der Waals surface area contributed by atoms with Gasteiger partial charge in [0.2, 0.25) is 0 Å². The minimum atomic E-state index is 0.536. The van der Waals surface area contributed by atoms with E-state index in [-0.39, 0.29) is 0 Å². The fraction of sp³-hybridized carbons (Fsp3) is 0.500. The van der Waals surface area contributed by atoms with Crippen molar-refractivity contribution in [3.63, 3.8) is 0 Å². The summed E-state index contributed by atoms with van der Waals surface area (Å²) in [6, 6.07) is 0. The lowest BCUT2D eigenvalue weighted by Gasteiger charge is -2.03. The molecule has 3 N–H and O–H groups in total. The summed E-state index contributed by atoms with van der Waals surface area (Å²) in [4.78, 5) is 3.01. The molecule has 1 aliphatic rings. The Hall–Kier alpha value is -0.470. The molecule has 0 radical (unpaired) electrons. The van der Waals surface area contributed by atoms with Gasteiger partial charge in [0.05, 0.1) is 0 Å². The first-order chi connectivity index (χ1) is 5.33. The highest BCUT2D eigenvalue weighted by molar-refractivity contribution is 6.30. The molecule has 1 heterocycles. The molecule has 1 aromatic rings. The second-order valence-corrected chi connectivity index (χ2v) is 3.39. The van der Waals surface area contributed by atoms with Crippen molar-refractivity contribution >= 4 is 11.6 Å². The number of hydrogen-bond donors (Lipinski definition) is 2.